The van der Waals surface area contributed by atoms with Crippen molar-refractivity contribution in [1.29, 1.82) is 0 Å². The Morgan fingerprint density at radius 3 is 2.04 bits per heavy atom. The number of rotatable bonds is 20. The van der Waals surface area contributed by atoms with Crippen molar-refractivity contribution in [3.63, 3.8) is 0 Å². The summed E-state index contributed by atoms with van der Waals surface area (Å²) in [5, 5.41) is 11.9. The van der Waals surface area contributed by atoms with Gasteiger partial charge in [-0.05, 0) is 46.1 Å². The smallest absolute Gasteiger partial charge is 0.220 e. The number of allylic oxidation sites excluding steroid dienone is 2. The highest BCUT2D eigenvalue weighted by atomic mass is 16.3. The van der Waals surface area contributed by atoms with Gasteiger partial charge in [0.25, 0.3) is 0 Å². The number of carbonyl (C=O) groups is 1. The Labute approximate surface area is 175 Å². The zero-order valence-electron chi connectivity index (χ0n) is 19.1. The number of aliphatic hydroxyl groups excluding tert-OH is 1. The zero-order chi connectivity index (χ0) is 20.9. The zero-order valence-corrected chi connectivity index (χ0v) is 19.1. The van der Waals surface area contributed by atoms with Crippen LogP contribution in [0.1, 0.15) is 104 Å². The lowest BCUT2D eigenvalue weighted by molar-refractivity contribution is -0.121. The molecule has 0 aliphatic heterocycles. The lowest BCUT2D eigenvalue weighted by Gasteiger charge is -2.21. The average molecular weight is 397 g/mol. The number of nitrogens with one attached hydrogen (secondary N) is 1. The van der Waals surface area contributed by atoms with E-state index in [4.69, 9.17) is 5.11 Å². The first-order valence-electron chi connectivity index (χ1n) is 11.8. The van der Waals surface area contributed by atoms with Gasteiger partial charge in [0.05, 0.1) is 6.61 Å². The number of carbonyl (C=O) groups excluding carboxylic acids is 1. The first-order valence-corrected chi connectivity index (χ1v) is 11.8. The van der Waals surface area contributed by atoms with Crippen LogP contribution in [0.3, 0.4) is 0 Å². The fraction of sp³-hybridized carbons (Fsp3) is 0.875. The van der Waals surface area contributed by atoms with Gasteiger partial charge in [0.2, 0.25) is 5.91 Å². The SMILES string of the molecule is CCCCCCCC/C=C\CCCCCCCC(=O)NC(C)CN(C)CCO. The highest BCUT2D eigenvalue weighted by Gasteiger charge is 2.09. The molecule has 4 heteroatoms. The molecule has 0 aromatic carbocycles. The van der Waals surface area contributed by atoms with Crippen molar-refractivity contribution in [3.8, 4) is 0 Å². The number of likely N-dealkylation sites (N-methyl/N-ethyl adjacent to an activating group) is 1. The summed E-state index contributed by atoms with van der Waals surface area (Å²) in [6.45, 7) is 5.87. The molecule has 0 spiro atoms. The second-order valence-electron chi connectivity index (χ2n) is 8.29. The molecular formula is C24H48N2O2. The van der Waals surface area contributed by atoms with E-state index in [1.54, 1.807) is 0 Å². The number of unbranched alkanes of at least 4 members (excludes halogenated alkanes) is 11. The lowest BCUT2D eigenvalue weighted by Crippen LogP contribution is -2.41. The van der Waals surface area contributed by atoms with Crippen molar-refractivity contribution in [1.82, 2.24) is 10.2 Å². The normalized spacial score (nSPS) is 12.8. The second kappa shape index (κ2) is 20.9. The van der Waals surface area contributed by atoms with Crippen LogP contribution in [0, 0.1) is 0 Å². The van der Waals surface area contributed by atoms with Crippen molar-refractivity contribution < 1.29 is 9.90 Å². The summed E-state index contributed by atoms with van der Waals surface area (Å²) < 4.78 is 0. The highest BCUT2D eigenvalue weighted by molar-refractivity contribution is 5.76. The van der Waals surface area contributed by atoms with E-state index in [9.17, 15) is 4.79 Å². The van der Waals surface area contributed by atoms with Gasteiger partial charge in [0.15, 0.2) is 0 Å². The van der Waals surface area contributed by atoms with Crippen LogP contribution >= 0.6 is 0 Å². The Bertz CT molecular complexity index is 372. The summed E-state index contributed by atoms with van der Waals surface area (Å²) in [5.41, 5.74) is 0. The van der Waals surface area contributed by atoms with Crippen molar-refractivity contribution in [3.05, 3.63) is 12.2 Å². The second-order valence-corrected chi connectivity index (χ2v) is 8.29. The van der Waals surface area contributed by atoms with Gasteiger partial charge in [-0.3, -0.25) is 4.79 Å². The van der Waals surface area contributed by atoms with Crippen LogP contribution in [-0.2, 0) is 4.79 Å². The standard InChI is InChI=1S/C24H48N2O2/c1-4-5-6-7-8-9-10-11-12-13-14-15-16-17-18-19-24(28)25-23(2)22-26(3)20-21-27/h11-12,23,27H,4-10,13-22H2,1-3H3,(H,25,28)/b12-11-. The quantitative estimate of drug-likeness (QED) is 0.212. The minimum absolute atomic E-state index is 0.132. The average Bonchev–Trinajstić information content (AvgIpc) is 2.64. The summed E-state index contributed by atoms with van der Waals surface area (Å²) >= 11 is 0. The molecule has 2 N–H and O–H groups in total. The number of hydrogen-bond acceptors (Lipinski definition) is 3. The first kappa shape index (κ1) is 27.1. The molecule has 28 heavy (non-hydrogen) atoms. The van der Waals surface area contributed by atoms with Crippen LogP contribution in [0.2, 0.25) is 0 Å². The summed E-state index contributed by atoms with van der Waals surface area (Å²) in [6, 6.07) is 0.132. The molecule has 166 valence electrons. The van der Waals surface area contributed by atoms with E-state index >= 15 is 0 Å². The maximum Gasteiger partial charge on any atom is 0.220 e. The van der Waals surface area contributed by atoms with Gasteiger partial charge in [-0.2, -0.15) is 0 Å². The summed E-state index contributed by atoms with van der Waals surface area (Å²) in [7, 11) is 1.96. The van der Waals surface area contributed by atoms with E-state index in [1.165, 1.54) is 70.6 Å². The predicted octanol–water partition coefficient (Wildman–Crippen LogP) is 5.45. The van der Waals surface area contributed by atoms with E-state index < -0.39 is 0 Å². The van der Waals surface area contributed by atoms with Crippen molar-refractivity contribution in [2.24, 2.45) is 0 Å². The molecule has 0 radical (unpaired) electrons. The van der Waals surface area contributed by atoms with E-state index in [0.29, 0.717) is 13.0 Å². The fourth-order valence-corrected chi connectivity index (χ4v) is 3.48. The molecule has 1 unspecified atom stereocenters. The molecule has 0 rings (SSSR count). The topological polar surface area (TPSA) is 52.6 Å². The monoisotopic (exact) mass is 396 g/mol. The third-order valence-corrected chi connectivity index (χ3v) is 5.14. The van der Waals surface area contributed by atoms with Crippen molar-refractivity contribution >= 4 is 5.91 Å². The molecule has 0 bridgehead atoms. The van der Waals surface area contributed by atoms with Crippen molar-refractivity contribution in [2.75, 3.05) is 26.7 Å². The Hall–Kier alpha value is -0.870. The van der Waals surface area contributed by atoms with Gasteiger partial charge < -0.3 is 15.3 Å². The van der Waals surface area contributed by atoms with Crippen LogP contribution in [0.25, 0.3) is 0 Å². The molecule has 0 aliphatic rings. The molecule has 1 amide bonds. The van der Waals surface area contributed by atoms with Crippen LogP contribution in [0.4, 0.5) is 0 Å². The van der Waals surface area contributed by atoms with Gasteiger partial charge in [-0.15, -0.1) is 0 Å². The van der Waals surface area contributed by atoms with Crippen LogP contribution in [0.15, 0.2) is 12.2 Å². The van der Waals surface area contributed by atoms with Gasteiger partial charge in [0.1, 0.15) is 0 Å². The van der Waals surface area contributed by atoms with E-state index in [2.05, 4.69) is 24.4 Å². The van der Waals surface area contributed by atoms with Gasteiger partial charge >= 0.3 is 0 Å². The molecule has 1 atom stereocenters. The molecule has 0 heterocycles. The summed E-state index contributed by atoms with van der Waals surface area (Å²) in [5.74, 6) is 0.155. The Morgan fingerprint density at radius 1 is 0.929 bits per heavy atom. The van der Waals surface area contributed by atoms with Crippen LogP contribution in [0.5, 0.6) is 0 Å². The first-order chi connectivity index (χ1) is 13.6. The Balaban J connectivity index is 3.38. The maximum absolute atomic E-state index is 11.9. The van der Waals surface area contributed by atoms with E-state index in [0.717, 1.165) is 19.4 Å². The molecule has 0 fully saturated rings. The number of amides is 1. The highest BCUT2D eigenvalue weighted by Crippen LogP contribution is 2.10. The van der Waals surface area contributed by atoms with Crippen LogP contribution in [-0.4, -0.2) is 48.7 Å². The fourth-order valence-electron chi connectivity index (χ4n) is 3.48. The summed E-state index contributed by atoms with van der Waals surface area (Å²) in [4.78, 5) is 14.0. The minimum Gasteiger partial charge on any atom is -0.395 e. The van der Waals surface area contributed by atoms with Crippen molar-refractivity contribution in [2.45, 2.75) is 110 Å². The van der Waals surface area contributed by atoms with Crippen LogP contribution < -0.4 is 5.32 Å². The minimum atomic E-state index is 0.132. The maximum atomic E-state index is 11.9. The summed E-state index contributed by atoms with van der Waals surface area (Å²) in [6.07, 6.45) is 22.0. The Kier molecular flexibility index (Phi) is 20.2. The molecule has 0 aromatic rings. The number of nitrogens with zero attached hydrogens (tertiary/aromatic N) is 1. The molecule has 0 saturated carbocycles. The number of hydrogen-bond donors (Lipinski definition) is 2. The Morgan fingerprint density at radius 2 is 1.46 bits per heavy atom. The molecule has 4 nitrogen and oxygen atoms in total. The third-order valence-electron chi connectivity index (χ3n) is 5.14. The van der Waals surface area contributed by atoms with Gasteiger partial charge in [-0.25, -0.2) is 0 Å². The predicted molar refractivity (Wildman–Crippen MR) is 122 cm³/mol. The molecular weight excluding hydrogens is 348 g/mol. The van der Waals surface area contributed by atoms with Gasteiger partial charge in [-0.1, -0.05) is 70.4 Å². The van der Waals surface area contributed by atoms with Gasteiger partial charge in [0, 0.05) is 25.6 Å². The molecule has 0 aromatic heterocycles. The largest absolute Gasteiger partial charge is 0.395 e. The lowest BCUT2D eigenvalue weighted by atomic mass is 10.1. The number of aliphatic hydroxyl groups is 1. The third kappa shape index (κ3) is 19.9. The molecule has 0 aliphatic carbocycles. The molecule has 0 saturated heterocycles. The van der Waals surface area contributed by atoms with E-state index in [1.807, 2.05) is 18.9 Å². The van der Waals surface area contributed by atoms with E-state index in [-0.39, 0.29) is 18.6 Å².